The summed E-state index contributed by atoms with van der Waals surface area (Å²) >= 11 is 0. The molecule has 0 saturated carbocycles. The topological polar surface area (TPSA) is 56.1 Å². The third kappa shape index (κ3) is 2.18. The van der Waals surface area contributed by atoms with Crippen LogP contribution in [0, 0.1) is 0 Å². The van der Waals surface area contributed by atoms with E-state index in [0.717, 1.165) is 25.9 Å². The molecule has 0 unspecified atom stereocenters. The molecule has 1 aromatic rings. The molecule has 0 spiro atoms. The molecule has 2 rings (SSSR count). The van der Waals surface area contributed by atoms with E-state index in [-0.39, 0.29) is 5.97 Å². The summed E-state index contributed by atoms with van der Waals surface area (Å²) in [6.45, 7) is 1.99. The van der Waals surface area contributed by atoms with Crippen LogP contribution in [0.1, 0.15) is 29.2 Å². The van der Waals surface area contributed by atoms with Gasteiger partial charge in [0.15, 0.2) is 0 Å². The molecular formula is C10H15N3O2. The van der Waals surface area contributed by atoms with Crippen molar-refractivity contribution in [1.29, 1.82) is 0 Å². The summed E-state index contributed by atoms with van der Waals surface area (Å²) in [6.07, 6.45) is 5.57. The molecule has 1 saturated heterocycles. The van der Waals surface area contributed by atoms with Crippen molar-refractivity contribution in [3.05, 3.63) is 18.0 Å². The van der Waals surface area contributed by atoms with Crippen molar-refractivity contribution in [3.63, 3.8) is 0 Å². The van der Waals surface area contributed by atoms with Crippen molar-refractivity contribution in [1.82, 2.24) is 15.1 Å². The van der Waals surface area contributed by atoms with Crippen LogP contribution in [0.3, 0.4) is 0 Å². The molecule has 1 atom stereocenters. The summed E-state index contributed by atoms with van der Waals surface area (Å²) in [7, 11) is 1.38. The minimum atomic E-state index is -0.329. The number of nitrogens with zero attached hydrogens (tertiary/aromatic N) is 2. The summed E-state index contributed by atoms with van der Waals surface area (Å²) in [5, 5.41) is 7.49. The molecule has 1 N–H and O–H groups in total. The first-order valence-electron chi connectivity index (χ1n) is 5.14. The van der Waals surface area contributed by atoms with Crippen LogP contribution in [-0.2, 0) is 4.74 Å². The van der Waals surface area contributed by atoms with Gasteiger partial charge in [0.2, 0.25) is 0 Å². The van der Waals surface area contributed by atoms with Gasteiger partial charge in [-0.1, -0.05) is 0 Å². The van der Waals surface area contributed by atoms with Crippen LogP contribution in [0.5, 0.6) is 0 Å². The Morgan fingerprint density at radius 3 is 3.27 bits per heavy atom. The van der Waals surface area contributed by atoms with E-state index in [1.807, 2.05) is 4.68 Å². The minimum Gasteiger partial charge on any atom is -0.465 e. The Morgan fingerprint density at radius 1 is 1.73 bits per heavy atom. The fraction of sp³-hybridized carbons (Fsp3) is 0.600. The molecule has 0 amide bonds. The van der Waals surface area contributed by atoms with Crippen molar-refractivity contribution in [2.75, 3.05) is 20.2 Å². The quantitative estimate of drug-likeness (QED) is 0.724. The standard InChI is InChI=1S/C10H15N3O2/c1-15-10(14)8-5-12-13(7-8)9-3-2-4-11-6-9/h5,7,9,11H,2-4,6H2,1H3/t9-/m1/s1. The van der Waals surface area contributed by atoms with Gasteiger partial charge in [-0.25, -0.2) is 4.79 Å². The van der Waals surface area contributed by atoms with Crippen LogP contribution in [0.2, 0.25) is 0 Å². The molecule has 15 heavy (non-hydrogen) atoms. The zero-order chi connectivity index (χ0) is 10.7. The van der Waals surface area contributed by atoms with E-state index in [2.05, 4.69) is 15.2 Å². The number of carbonyl (C=O) groups excluding carboxylic acids is 1. The van der Waals surface area contributed by atoms with Gasteiger partial charge in [0.1, 0.15) is 0 Å². The van der Waals surface area contributed by atoms with Crippen molar-refractivity contribution in [3.8, 4) is 0 Å². The van der Waals surface area contributed by atoms with Gasteiger partial charge in [-0.15, -0.1) is 0 Å². The highest BCUT2D eigenvalue weighted by atomic mass is 16.5. The third-order valence-corrected chi connectivity index (χ3v) is 2.67. The Kier molecular flexibility index (Phi) is 3.01. The SMILES string of the molecule is COC(=O)c1cnn([C@@H]2CCCNC2)c1. The van der Waals surface area contributed by atoms with E-state index >= 15 is 0 Å². The largest absolute Gasteiger partial charge is 0.465 e. The number of piperidine rings is 1. The van der Waals surface area contributed by atoms with Crippen molar-refractivity contribution in [2.24, 2.45) is 0 Å². The van der Waals surface area contributed by atoms with Crippen LogP contribution in [0.4, 0.5) is 0 Å². The Balaban J connectivity index is 2.08. The fourth-order valence-electron chi connectivity index (χ4n) is 1.82. The van der Waals surface area contributed by atoms with Crippen LogP contribution in [-0.4, -0.2) is 35.9 Å². The number of ether oxygens (including phenoxy) is 1. The van der Waals surface area contributed by atoms with E-state index in [4.69, 9.17) is 0 Å². The number of nitrogens with one attached hydrogen (secondary N) is 1. The van der Waals surface area contributed by atoms with Crippen LogP contribution < -0.4 is 5.32 Å². The predicted molar refractivity (Wildman–Crippen MR) is 54.7 cm³/mol. The molecule has 2 heterocycles. The lowest BCUT2D eigenvalue weighted by Crippen LogP contribution is -2.31. The molecule has 1 aromatic heterocycles. The molecule has 1 fully saturated rings. The monoisotopic (exact) mass is 209 g/mol. The van der Waals surface area contributed by atoms with Gasteiger partial charge >= 0.3 is 5.97 Å². The van der Waals surface area contributed by atoms with E-state index in [1.165, 1.54) is 7.11 Å². The Morgan fingerprint density at radius 2 is 2.60 bits per heavy atom. The van der Waals surface area contributed by atoms with Gasteiger partial charge in [-0.3, -0.25) is 4.68 Å². The lowest BCUT2D eigenvalue weighted by Gasteiger charge is -2.22. The third-order valence-electron chi connectivity index (χ3n) is 2.67. The summed E-state index contributed by atoms with van der Waals surface area (Å²) in [5.41, 5.74) is 0.517. The normalized spacial score (nSPS) is 21.3. The smallest absolute Gasteiger partial charge is 0.341 e. The van der Waals surface area contributed by atoms with E-state index < -0.39 is 0 Å². The number of hydrogen-bond donors (Lipinski definition) is 1. The van der Waals surface area contributed by atoms with Gasteiger partial charge in [-0.05, 0) is 19.4 Å². The maximum absolute atomic E-state index is 11.2. The number of hydrogen-bond acceptors (Lipinski definition) is 4. The van der Waals surface area contributed by atoms with Crippen molar-refractivity contribution in [2.45, 2.75) is 18.9 Å². The molecule has 0 aromatic carbocycles. The van der Waals surface area contributed by atoms with E-state index in [9.17, 15) is 4.79 Å². The highest BCUT2D eigenvalue weighted by Gasteiger charge is 2.17. The lowest BCUT2D eigenvalue weighted by molar-refractivity contribution is 0.0600. The second-order valence-corrected chi connectivity index (χ2v) is 3.70. The molecule has 1 aliphatic rings. The van der Waals surface area contributed by atoms with E-state index in [1.54, 1.807) is 12.4 Å². The van der Waals surface area contributed by atoms with Crippen LogP contribution in [0.25, 0.3) is 0 Å². The average molecular weight is 209 g/mol. The molecule has 0 aliphatic carbocycles. The number of carbonyl (C=O) groups is 1. The Bertz CT molecular complexity index is 342. The lowest BCUT2D eigenvalue weighted by atomic mass is 10.1. The first-order chi connectivity index (χ1) is 7.31. The fourth-order valence-corrected chi connectivity index (χ4v) is 1.82. The number of esters is 1. The maximum Gasteiger partial charge on any atom is 0.341 e. The molecule has 1 aliphatic heterocycles. The molecule has 82 valence electrons. The Hall–Kier alpha value is -1.36. The van der Waals surface area contributed by atoms with E-state index in [0.29, 0.717) is 11.6 Å². The maximum atomic E-state index is 11.2. The highest BCUT2D eigenvalue weighted by molar-refractivity contribution is 5.88. The highest BCUT2D eigenvalue weighted by Crippen LogP contribution is 2.16. The molecule has 0 bridgehead atoms. The first-order valence-corrected chi connectivity index (χ1v) is 5.14. The summed E-state index contributed by atoms with van der Waals surface area (Å²) in [5.74, 6) is -0.329. The van der Waals surface area contributed by atoms with Gasteiger partial charge in [-0.2, -0.15) is 5.10 Å². The van der Waals surface area contributed by atoms with Gasteiger partial charge < -0.3 is 10.1 Å². The number of rotatable bonds is 2. The Labute approximate surface area is 88.4 Å². The van der Waals surface area contributed by atoms with Gasteiger partial charge in [0.05, 0.1) is 24.9 Å². The van der Waals surface area contributed by atoms with Crippen LogP contribution in [0.15, 0.2) is 12.4 Å². The first kappa shape index (κ1) is 10.2. The van der Waals surface area contributed by atoms with Crippen molar-refractivity contribution < 1.29 is 9.53 Å². The molecular weight excluding hydrogens is 194 g/mol. The molecule has 0 radical (unpaired) electrons. The van der Waals surface area contributed by atoms with Gasteiger partial charge in [0, 0.05) is 12.7 Å². The second-order valence-electron chi connectivity index (χ2n) is 3.70. The van der Waals surface area contributed by atoms with Crippen molar-refractivity contribution >= 4 is 5.97 Å². The number of aromatic nitrogens is 2. The predicted octanol–water partition coefficient (Wildman–Crippen LogP) is 0.594. The minimum absolute atomic E-state index is 0.329. The number of methoxy groups -OCH3 is 1. The zero-order valence-corrected chi connectivity index (χ0v) is 8.77. The molecule has 5 nitrogen and oxygen atoms in total. The molecule has 5 heteroatoms. The van der Waals surface area contributed by atoms with Crippen LogP contribution >= 0.6 is 0 Å². The summed E-state index contributed by atoms with van der Waals surface area (Å²) < 4.78 is 6.47. The summed E-state index contributed by atoms with van der Waals surface area (Å²) in [6, 6.07) is 0.358. The zero-order valence-electron chi connectivity index (χ0n) is 8.77. The average Bonchev–Trinajstić information content (AvgIpc) is 2.78. The summed E-state index contributed by atoms with van der Waals surface area (Å²) in [4.78, 5) is 11.2. The second kappa shape index (κ2) is 4.44. The van der Waals surface area contributed by atoms with Gasteiger partial charge in [0.25, 0.3) is 0 Å².